The van der Waals surface area contributed by atoms with E-state index in [1.165, 1.54) is 0 Å². The first-order chi connectivity index (χ1) is 12.5. The van der Waals surface area contributed by atoms with Gasteiger partial charge in [0.1, 0.15) is 17.3 Å². The highest BCUT2D eigenvalue weighted by atomic mass is 16.5. The molecule has 0 saturated carbocycles. The molecule has 0 saturated heterocycles. The molecule has 0 aliphatic heterocycles. The Hall–Kier alpha value is -3.02. The lowest BCUT2D eigenvalue weighted by atomic mass is 10.1. The predicted molar refractivity (Wildman–Crippen MR) is 101 cm³/mol. The zero-order chi connectivity index (χ0) is 18.5. The number of ether oxygens (including phenoxy) is 2. The molecule has 26 heavy (non-hydrogen) atoms. The van der Waals surface area contributed by atoms with Crippen molar-refractivity contribution in [2.24, 2.45) is 0 Å². The van der Waals surface area contributed by atoms with Gasteiger partial charge in [-0.1, -0.05) is 12.1 Å². The molecule has 0 unspecified atom stereocenters. The Morgan fingerprint density at radius 3 is 2.85 bits per heavy atom. The van der Waals surface area contributed by atoms with Gasteiger partial charge in [-0.15, -0.1) is 0 Å². The minimum absolute atomic E-state index is 0.00161. The molecule has 0 fully saturated rings. The van der Waals surface area contributed by atoms with Crippen molar-refractivity contribution in [1.29, 1.82) is 0 Å². The second-order valence-corrected chi connectivity index (χ2v) is 6.22. The molecule has 0 bridgehead atoms. The van der Waals surface area contributed by atoms with E-state index in [9.17, 15) is 4.79 Å². The number of H-pyrrole nitrogens is 1. The van der Waals surface area contributed by atoms with E-state index in [1.807, 2.05) is 50.2 Å². The second-order valence-electron chi connectivity index (χ2n) is 6.22. The number of fused-ring (bicyclic) bond motifs is 1. The maximum absolute atomic E-state index is 12.0. The van der Waals surface area contributed by atoms with Crippen LogP contribution in [0.25, 0.3) is 11.0 Å². The van der Waals surface area contributed by atoms with Gasteiger partial charge >= 0.3 is 0 Å². The van der Waals surface area contributed by atoms with Gasteiger partial charge in [-0.3, -0.25) is 4.79 Å². The SMILES string of the molecule is COc1ccc2nc(CCNC(=O)COc3cc(C)ccc3C)[nH]c2c1. The summed E-state index contributed by atoms with van der Waals surface area (Å²) < 4.78 is 10.8. The number of rotatable bonds is 7. The highest BCUT2D eigenvalue weighted by Gasteiger charge is 2.07. The highest BCUT2D eigenvalue weighted by Crippen LogP contribution is 2.19. The minimum Gasteiger partial charge on any atom is -0.497 e. The molecule has 6 heteroatoms. The number of aromatic nitrogens is 2. The van der Waals surface area contributed by atoms with Gasteiger partial charge in [0.15, 0.2) is 6.61 Å². The Balaban J connectivity index is 1.48. The average molecular weight is 353 g/mol. The summed E-state index contributed by atoms with van der Waals surface area (Å²) in [5.74, 6) is 2.20. The van der Waals surface area contributed by atoms with Gasteiger partial charge in [0, 0.05) is 19.0 Å². The number of carbonyl (C=O) groups is 1. The Labute approximate surface area is 152 Å². The van der Waals surface area contributed by atoms with Gasteiger partial charge < -0.3 is 19.8 Å². The van der Waals surface area contributed by atoms with Crippen LogP contribution in [0.2, 0.25) is 0 Å². The summed E-state index contributed by atoms with van der Waals surface area (Å²) in [5, 5.41) is 2.85. The monoisotopic (exact) mass is 353 g/mol. The van der Waals surface area contributed by atoms with Crippen LogP contribution >= 0.6 is 0 Å². The van der Waals surface area contributed by atoms with Crippen LogP contribution in [0, 0.1) is 13.8 Å². The number of methoxy groups -OCH3 is 1. The molecule has 3 aromatic rings. The number of benzene rings is 2. The Bertz CT molecular complexity index is 918. The molecular weight excluding hydrogens is 330 g/mol. The fourth-order valence-corrected chi connectivity index (χ4v) is 2.66. The topological polar surface area (TPSA) is 76.2 Å². The molecule has 1 aromatic heterocycles. The molecule has 0 aliphatic carbocycles. The van der Waals surface area contributed by atoms with Crippen LogP contribution in [0.1, 0.15) is 17.0 Å². The standard InChI is InChI=1S/C20H23N3O3/c1-13-4-5-14(2)18(10-13)26-12-20(24)21-9-8-19-22-16-7-6-15(25-3)11-17(16)23-19/h4-7,10-11H,8-9,12H2,1-3H3,(H,21,24)(H,22,23). The van der Waals surface area contributed by atoms with Crippen LogP contribution in [-0.4, -0.2) is 36.1 Å². The van der Waals surface area contributed by atoms with Crippen LogP contribution in [0.3, 0.4) is 0 Å². The molecule has 0 radical (unpaired) electrons. The number of imidazole rings is 1. The van der Waals surface area contributed by atoms with Crippen LogP contribution in [0.4, 0.5) is 0 Å². The Morgan fingerprint density at radius 2 is 2.04 bits per heavy atom. The third-order valence-electron chi connectivity index (χ3n) is 4.12. The third kappa shape index (κ3) is 4.33. The van der Waals surface area contributed by atoms with Crippen molar-refractivity contribution in [3.63, 3.8) is 0 Å². The van der Waals surface area contributed by atoms with E-state index in [1.54, 1.807) is 7.11 Å². The van der Waals surface area contributed by atoms with Crippen molar-refractivity contribution in [3.05, 3.63) is 53.3 Å². The van der Waals surface area contributed by atoms with Gasteiger partial charge in [-0.25, -0.2) is 4.98 Å². The number of hydrogen-bond donors (Lipinski definition) is 2. The molecule has 1 amide bonds. The quantitative estimate of drug-likeness (QED) is 0.685. The molecule has 2 N–H and O–H groups in total. The molecule has 0 aliphatic rings. The molecule has 1 heterocycles. The first-order valence-corrected chi connectivity index (χ1v) is 8.54. The summed E-state index contributed by atoms with van der Waals surface area (Å²) in [7, 11) is 1.63. The zero-order valence-corrected chi connectivity index (χ0v) is 15.3. The number of nitrogens with zero attached hydrogens (tertiary/aromatic N) is 1. The molecule has 2 aromatic carbocycles. The smallest absolute Gasteiger partial charge is 0.257 e. The van der Waals surface area contributed by atoms with Gasteiger partial charge in [0.25, 0.3) is 5.91 Å². The van der Waals surface area contributed by atoms with Crippen molar-refractivity contribution >= 4 is 16.9 Å². The Morgan fingerprint density at radius 1 is 1.19 bits per heavy atom. The van der Waals surface area contributed by atoms with Gasteiger partial charge in [0.2, 0.25) is 0 Å². The summed E-state index contributed by atoms with van der Waals surface area (Å²) >= 11 is 0. The number of hydrogen-bond acceptors (Lipinski definition) is 4. The van der Waals surface area contributed by atoms with E-state index < -0.39 is 0 Å². The van der Waals surface area contributed by atoms with Crippen LogP contribution in [0.5, 0.6) is 11.5 Å². The largest absolute Gasteiger partial charge is 0.497 e. The van der Waals surface area contributed by atoms with E-state index in [-0.39, 0.29) is 12.5 Å². The lowest BCUT2D eigenvalue weighted by molar-refractivity contribution is -0.123. The van der Waals surface area contributed by atoms with Crippen LogP contribution < -0.4 is 14.8 Å². The maximum Gasteiger partial charge on any atom is 0.257 e. The number of carbonyl (C=O) groups excluding carboxylic acids is 1. The van der Waals surface area contributed by atoms with Crippen LogP contribution in [0.15, 0.2) is 36.4 Å². The highest BCUT2D eigenvalue weighted by molar-refractivity contribution is 5.78. The number of amides is 1. The lowest BCUT2D eigenvalue weighted by Crippen LogP contribution is -2.30. The number of nitrogens with one attached hydrogen (secondary N) is 2. The number of aromatic amines is 1. The minimum atomic E-state index is -0.149. The van der Waals surface area contributed by atoms with Crippen LogP contribution in [-0.2, 0) is 11.2 Å². The summed E-state index contributed by atoms with van der Waals surface area (Å²) in [6, 6.07) is 11.6. The summed E-state index contributed by atoms with van der Waals surface area (Å²) in [5.41, 5.74) is 3.92. The molecule has 3 rings (SSSR count). The summed E-state index contributed by atoms with van der Waals surface area (Å²) in [6.07, 6.45) is 0.617. The fraction of sp³-hybridized carbons (Fsp3) is 0.300. The van der Waals surface area contributed by atoms with E-state index in [0.717, 1.165) is 39.5 Å². The van der Waals surface area contributed by atoms with Crippen molar-refractivity contribution in [3.8, 4) is 11.5 Å². The predicted octanol–water partition coefficient (Wildman–Crippen LogP) is 2.93. The van der Waals surface area contributed by atoms with Gasteiger partial charge in [0.05, 0.1) is 18.1 Å². The van der Waals surface area contributed by atoms with Crippen molar-refractivity contribution < 1.29 is 14.3 Å². The average Bonchev–Trinajstić information content (AvgIpc) is 3.04. The molecular formula is C20H23N3O3. The van der Waals surface area contributed by atoms with E-state index >= 15 is 0 Å². The van der Waals surface area contributed by atoms with E-state index in [0.29, 0.717) is 13.0 Å². The van der Waals surface area contributed by atoms with Crippen molar-refractivity contribution in [2.75, 3.05) is 20.3 Å². The second kappa shape index (κ2) is 7.91. The molecule has 6 nitrogen and oxygen atoms in total. The molecule has 0 atom stereocenters. The first kappa shape index (κ1) is 17.8. The molecule has 0 spiro atoms. The zero-order valence-electron chi connectivity index (χ0n) is 15.3. The van der Waals surface area contributed by atoms with E-state index in [4.69, 9.17) is 9.47 Å². The lowest BCUT2D eigenvalue weighted by Gasteiger charge is -2.10. The normalized spacial score (nSPS) is 10.7. The van der Waals surface area contributed by atoms with Crippen molar-refractivity contribution in [1.82, 2.24) is 15.3 Å². The van der Waals surface area contributed by atoms with E-state index in [2.05, 4.69) is 15.3 Å². The van der Waals surface area contributed by atoms with Gasteiger partial charge in [-0.2, -0.15) is 0 Å². The maximum atomic E-state index is 12.0. The number of aryl methyl sites for hydroxylation is 2. The Kier molecular flexibility index (Phi) is 5.41. The first-order valence-electron chi connectivity index (χ1n) is 8.54. The summed E-state index contributed by atoms with van der Waals surface area (Å²) in [4.78, 5) is 19.7. The van der Waals surface area contributed by atoms with Gasteiger partial charge in [-0.05, 0) is 43.2 Å². The molecule has 136 valence electrons. The fourth-order valence-electron chi connectivity index (χ4n) is 2.66. The third-order valence-corrected chi connectivity index (χ3v) is 4.12. The van der Waals surface area contributed by atoms with Crippen molar-refractivity contribution in [2.45, 2.75) is 20.3 Å². The summed E-state index contributed by atoms with van der Waals surface area (Å²) in [6.45, 7) is 4.45.